The van der Waals surface area contributed by atoms with E-state index in [0.29, 0.717) is 5.69 Å². The Bertz CT molecular complexity index is 836. The lowest BCUT2D eigenvalue weighted by atomic mass is 10.1. The van der Waals surface area contributed by atoms with E-state index in [-0.39, 0.29) is 30.0 Å². The van der Waals surface area contributed by atoms with Gasteiger partial charge >= 0.3 is 0 Å². The second-order valence-electron chi connectivity index (χ2n) is 5.23. The van der Waals surface area contributed by atoms with Crippen molar-refractivity contribution in [2.45, 2.75) is 6.42 Å². The van der Waals surface area contributed by atoms with E-state index in [0.717, 1.165) is 15.4 Å². The van der Waals surface area contributed by atoms with Gasteiger partial charge in [0.15, 0.2) is 0 Å². The van der Waals surface area contributed by atoms with Crippen molar-refractivity contribution < 1.29 is 18.8 Å². The Kier molecular flexibility index (Phi) is 4.44. The summed E-state index contributed by atoms with van der Waals surface area (Å²) in [4.78, 5) is 37.2. The van der Waals surface area contributed by atoms with Crippen molar-refractivity contribution in [3.05, 3.63) is 63.9 Å². The van der Waals surface area contributed by atoms with Gasteiger partial charge in [0.25, 0.3) is 11.8 Å². The molecule has 122 valence electrons. The minimum atomic E-state index is -0.729. The lowest BCUT2D eigenvalue weighted by Gasteiger charge is -2.13. The number of anilines is 1. The summed E-state index contributed by atoms with van der Waals surface area (Å²) < 4.78 is 14.6. The molecule has 0 radical (unpaired) electrons. The summed E-state index contributed by atoms with van der Waals surface area (Å²) in [5.74, 6) is -2.35. The molecule has 0 saturated carbocycles. The van der Waals surface area contributed by atoms with Crippen LogP contribution in [0.3, 0.4) is 0 Å². The molecule has 1 heterocycles. The largest absolute Gasteiger partial charge is 0.326 e. The number of nitrogens with zero attached hydrogens (tertiary/aromatic N) is 1. The highest BCUT2D eigenvalue weighted by atomic mass is 79.9. The highest BCUT2D eigenvalue weighted by molar-refractivity contribution is 9.10. The Morgan fingerprint density at radius 1 is 1.08 bits per heavy atom. The summed E-state index contributed by atoms with van der Waals surface area (Å²) in [5, 5.41) is 2.67. The number of carbonyl (C=O) groups excluding carboxylic acids is 3. The van der Waals surface area contributed by atoms with E-state index in [1.54, 1.807) is 24.3 Å². The normalized spacial score (nSPS) is 13.2. The van der Waals surface area contributed by atoms with Crippen molar-refractivity contribution in [3.8, 4) is 0 Å². The first-order valence-corrected chi connectivity index (χ1v) is 7.97. The van der Waals surface area contributed by atoms with Gasteiger partial charge in [-0.15, -0.1) is 0 Å². The third kappa shape index (κ3) is 3.07. The molecule has 0 unspecified atom stereocenters. The monoisotopic (exact) mass is 390 g/mol. The summed E-state index contributed by atoms with van der Waals surface area (Å²) >= 11 is 3.30. The van der Waals surface area contributed by atoms with Gasteiger partial charge in [0.1, 0.15) is 5.82 Å². The van der Waals surface area contributed by atoms with Gasteiger partial charge in [0.05, 0.1) is 11.1 Å². The van der Waals surface area contributed by atoms with Crippen molar-refractivity contribution in [2.75, 3.05) is 11.9 Å². The fourth-order valence-corrected chi connectivity index (χ4v) is 2.73. The van der Waals surface area contributed by atoms with E-state index in [1.807, 2.05) is 0 Å². The summed E-state index contributed by atoms with van der Waals surface area (Å²) in [5.41, 5.74) is 0.417. The molecule has 7 heteroatoms. The molecular formula is C17H12BrFN2O3. The van der Waals surface area contributed by atoms with Crippen LogP contribution in [0.2, 0.25) is 0 Å². The number of hydrogen-bond donors (Lipinski definition) is 1. The van der Waals surface area contributed by atoms with Crippen LogP contribution >= 0.6 is 15.9 Å². The molecule has 0 fully saturated rings. The second-order valence-corrected chi connectivity index (χ2v) is 6.15. The summed E-state index contributed by atoms with van der Waals surface area (Å²) in [6, 6.07) is 10.9. The van der Waals surface area contributed by atoms with Crippen LogP contribution in [0.15, 0.2) is 46.9 Å². The van der Waals surface area contributed by atoms with Gasteiger partial charge in [-0.3, -0.25) is 19.3 Å². The Morgan fingerprint density at radius 3 is 2.46 bits per heavy atom. The van der Waals surface area contributed by atoms with Gasteiger partial charge in [-0.1, -0.05) is 22.0 Å². The number of imide groups is 1. The summed E-state index contributed by atoms with van der Waals surface area (Å²) in [7, 11) is 0. The van der Waals surface area contributed by atoms with Crippen molar-refractivity contribution in [1.82, 2.24) is 4.90 Å². The van der Waals surface area contributed by atoms with Gasteiger partial charge in [-0.05, 0) is 36.4 Å². The lowest BCUT2D eigenvalue weighted by molar-refractivity contribution is -0.116. The van der Waals surface area contributed by atoms with Crippen molar-refractivity contribution in [3.63, 3.8) is 0 Å². The number of carbonyl (C=O) groups is 3. The topological polar surface area (TPSA) is 66.5 Å². The zero-order valence-corrected chi connectivity index (χ0v) is 14.0. The fourth-order valence-electron chi connectivity index (χ4n) is 2.47. The Hall–Kier alpha value is -2.54. The SMILES string of the molecule is O=C(CCN1C(=O)c2cccc(F)c2C1=O)Nc1ccc(Br)cc1. The zero-order chi connectivity index (χ0) is 17.3. The van der Waals surface area contributed by atoms with Crippen LogP contribution in [-0.2, 0) is 4.79 Å². The quantitative estimate of drug-likeness (QED) is 0.815. The fraction of sp³-hybridized carbons (Fsp3) is 0.118. The number of fused-ring (bicyclic) bond motifs is 1. The number of benzene rings is 2. The van der Waals surface area contributed by atoms with Crippen LogP contribution in [0.25, 0.3) is 0 Å². The molecule has 2 aromatic carbocycles. The first-order chi connectivity index (χ1) is 11.5. The van der Waals surface area contributed by atoms with Crippen molar-refractivity contribution in [2.24, 2.45) is 0 Å². The van der Waals surface area contributed by atoms with E-state index in [4.69, 9.17) is 0 Å². The maximum atomic E-state index is 13.7. The average Bonchev–Trinajstić information content (AvgIpc) is 2.80. The molecule has 0 aromatic heterocycles. The Labute approximate surface area is 145 Å². The third-order valence-electron chi connectivity index (χ3n) is 3.64. The summed E-state index contributed by atoms with van der Waals surface area (Å²) in [6.45, 7) is -0.103. The summed E-state index contributed by atoms with van der Waals surface area (Å²) in [6.07, 6.45) is -0.0663. The maximum absolute atomic E-state index is 13.7. The lowest BCUT2D eigenvalue weighted by Crippen LogP contribution is -2.33. The molecule has 3 rings (SSSR count). The highest BCUT2D eigenvalue weighted by Gasteiger charge is 2.37. The number of halogens is 2. The molecular weight excluding hydrogens is 379 g/mol. The average molecular weight is 391 g/mol. The standard InChI is InChI=1S/C17H12BrFN2O3/c18-10-4-6-11(7-5-10)20-14(22)8-9-21-16(23)12-2-1-3-13(19)15(12)17(21)24/h1-7H,8-9H2,(H,20,22). The minimum Gasteiger partial charge on any atom is -0.326 e. The molecule has 0 saturated heterocycles. The second kappa shape index (κ2) is 6.52. The molecule has 0 aliphatic carbocycles. The van der Waals surface area contributed by atoms with Crippen molar-refractivity contribution in [1.29, 1.82) is 0 Å². The van der Waals surface area contributed by atoms with E-state index in [9.17, 15) is 18.8 Å². The molecule has 0 atom stereocenters. The molecule has 5 nitrogen and oxygen atoms in total. The molecule has 1 aliphatic heterocycles. The van der Waals surface area contributed by atoms with Gasteiger partial charge < -0.3 is 5.32 Å². The van der Waals surface area contributed by atoms with Crippen LogP contribution in [0.1, 0.15) is 27.1 Å². The molecule has 3 amide bonds. The predicted molar refractivity (Wildman–Crippen MR) is 89.2 cm³/mol. The molecule has 24 heavy (non-hydrogen) atoms. The van der Waals surface area contributed by atoms with Gasteiger partial charge in [-0.25, -0.2) is 4.39 Å². The van der Waals surface area contributed by atoms with Crippen LogP contribution in [0.5, 0.6) is 0 Å². The smallest absolute Gasteiger partial charge is 0.264 e. The number of amides is 3. The maximum Gasteiger partial charge on any atom is 0.264 e. The van der Waals surface area contributed by atoms with Crippen LogP contribution in [0, 0.1) is 5.82 Å². The van der Waals surface area contributed by atoms with Gasteiger partial charge in [0, 0.05) is 23.1 Å². The third-order valence-corrected chi connectivity index (χ3v) is 4.17. The van der Waals surface area contributed by atoms with Crippen LogP contribution < -0.4 is 5.32 Å². The van der Waals surface area contributed by atoms with E-state index >= 15 is 0 Å². The first kappa shape index (κ1) is 16.3. The van der Waals surface area contributed by atoms with E-state index < -0.39 is 17.6 Å². The first-order valence-electron chi connectivity index (χ1n) is 7.17. The predicted octanol–water partition coefficient (Wildman–Crippen LogP) is 3.21. The Morgan fingerprint density at radius 2 is 1.79 bits per heavy atom. The molecule has 0 bridgehead atoms. The highest BCUT2D eigenvalue weighted by Crippen LogP contribution is 2.25. The zero-order valence-electron chi connectivity index (χ0n) is 12.4. The van der Waals surface area contributed by atoms with Crippen LogP contribution in [0.4, 0.5) is 10.1 Å². The molecule has 1 aliphatic rings. The van der Waals surface area contributed by atoms with Gasteiger partial charge in [0.2, 0.25) is 5.91 Å². The minimum absolute atomic E-state index is 0.0355. The number of nitrogens with one attached hydrogen (secondary N) is 1. The number of rotatable bonds is 4. The van der Waals surface area contributed by atoms with Gasteiger partial charge in [-0.2, -0.15) is 0 Å². The van der Waals surface area contributed by atoms with Crippen LogP contribution in [-0.4, -0.2) is 29.2 Å². The molecule has 2 aromatic rings. The van der Waals surface area contributed by atoms with E-state index in [1.165, 1.54) is 12.1 Å². The molecule has 0 spiro atoms. The van der Waals surface area contributed by atoms with E-state index in [2.05, 4.69) is 21.2 Å². The molecule has 1 N–H and O–H groups in total. The Balaban J connectivity index is 1.64. The van der Waals surface area contributed by atoms with Crippen molar-refractivity contribution >= 4 is 39.3 Å². The number of hydrogen-bond acceptors (Lipinski definition) is 3.